The molecule has 1 amide bonds. The van der Waals surface area contributed by atoms with Crippen molar-refractivity contribution in [2.75, 3.05) is 26.7 Å². The van der Waals surface area contributed by atoms with Gasteiger partial charge in [-0.05, 0) is 46.3 Å². The summed E-state index contributed by atoms with van der Waals surface area (Å²) in [6, 6.07) is 0. The third kappa shape index (κ3) is 6.97. The number of unbranched alkanes of at least 4 members (excludes halogenated alkanes) is 2. The average molecular weight is 257 g/mol. The van der Waals surface area contributed by atoms with E-state index in [1.54, 1.807) is 0 Å². The van der Waals surface area contributed by atoms with Gasteiger partial charge in [0.25, 0.3) is 0 Å². The lowest BCUT2D eigenvalue weighted by Crippen LogP contribution is -2.54. The van der Waals surface area contributed by atoms with Crippen molar-refractivity contribution >= 4 is 5.91 Å². The Morgan fingerprint density at radius 2 is 1.89 bits per heavy atom. The van der Waals surface area contributed by atoms with Gasteiger partial charge in [-0.2, -0.15) is 0 Å². The SMILES string of the molecule is CCCCCN(C)CCC(C)(NCCC)C(N)=O. The lowest BCUT2D eigenvalue weighted by Gasteiger charge is -2.29. The molecule has 0 radical (unpaired) electrons. The van der Waals surface area contributed by atoms with Crippen LogP contribution in [0.5, 0.6) is 0 Å². The van der Waals surface area contributed by atoms with Crippen LogP contribution in [0.15, 0.2) is 0 Å². The minimum atomic E-state index is -0.574. The molecule has 0 aromatic rings. The standard InChI is InChI=1S/C14H31N3O/c1-5-7-8-11-17(4)12-9-14(3,13(15)18)16-10-6-2/h16H,5-12H2,1-4H3,(H2,15,18). The van der Waals surface area contributed by atoms with Crippen LogP contribution in [0.2, 0.25) is 0 Å². The molecular weight excluding hydrogens is 226 g/mol. The molecule has 0 saturated heterocycles. The number of hydrogen-bond acceptors (Lipinski definition) is 3. The van der Waals surface area contributed by atoms with E-state index in [-0.39, 0.29) is 5.91 Å². The highest BCUT2D eigenvalue weighted by Gasteiger charge is 2.29. The van der Waals surface area contributed by atoms with Gasteiger partial charge in [-0.3, -0.25) is 4.79 Å². The third-order valence-electron chi connectivity index (χ3n) is 3.45. The zero-order valence-electron chi connectivity index (χ0n) is 12.6. The Morgan fingerprint density at radius 3 is 2.39 bits per heavy atom. The first kappa shape index (κ1) is 17.4. The average Bonchev–Trinajstić information content (AvgIpc) is 2.34. The number of primary amides is 1. The monoisotopic (exact) mass is 257 g/mol. The first-order chi connectivity index (χ1) is 8.46. The summed E-state index contributed by atoms with van der Waals surface area (Å²) in [7, 11) is 2.11. The molecule has 0 aliphatic heterocycles. The van der Waals surface area contributed by atoms with Crippen LogP contribution in [-0.4, -0.2) is 43.0 Å². The van der Waals surface area contributed by atoms with Crippen LogP contribution < -0.4 is 11.1 Å². The zero-order chi connectivity index (χ0) is 14.0. The highest BCUT2D eigenvalue weighted by Crippen LogP contribution is 2.10. The van der Waals surface area contributed by atoms with Crippen LogP contribution >= 0.6 is 0 Å². The van der Waals surface area contributed by atoms with Crippen molar-refractivity contribution < 1.29 is 4.79 Å². The summed E-state index contributed by atoms with van der Waals surface area (Å²) in [4.78, 5) is 13.8. The summed E-state index contributed by atoms with van der Waals surface area (Å²) in [6.45, 7) is 9.03. The molecule has 0 saturated carbocycles. The van der Waals surface area contributed by atoms with Crippen LogP contribution in [0.3, 0.4) is 0 Å². The Balaban J connectivity index is 4.06. The number of rotatable bonds is 11. The highest BCUT2D eigenvalue weighted by molar-refractivity contribution is 5.84. The van der Waals surface area contributed by atoms with E-state index in [0.717, 1.165) is 32.5 Å². The van der Waals surface area contributed by atoms with E-state index in [2.05, 4.69) is 31.1 Å². The lowest BCUT2D eigenvalue weighted by molar-refractivity contribution is -0.124. The summed E-state index contributed by atoms with van der Waals surface area (Å²) >= 11 is 0. The fraction of sp³-hybridized carbons (Fsp3) is 0.929. The Labute approximate surface area is 112 Å². The fourth-order valence-corrected chi connectivity index (χ4v) is 1.86. The van der Waals surface area contributed by atoms with Crippen LogP contribution in [0.25, 0.3) is 0 Å². The van der Waals surface area contributed by atoms with Crippen LogP contribution in [0.1, 0.15) is 52.9 Å². The van der Waals surface area contributed by atoms with Crippen molar-refractivity contribution in [3.8, 4) is 0 Å². The molecule has 108 valence electrons. The number of nitrogens with one attached hydrogen (secondary N) is 1. The van der Waals surface area contributed by atoms with Gasteiger partial charge in [-0.15, -0.1) is 0 Å². The molecule has 0 aromatic heterocycles. The molecule has 0 spiro atoms. The van der Waals surface area contributed by atoms with Crippen molar-refractivity contribution in [1.82, 2.24) is 10.2 Å². The number of amides is 1. The van der Waals surface area contributed by atoms with Gasteiger partial charge in [0.1, 0.15) is 0 Å². The molecular formula is C14H31N3O. The maximum absolute atomic E-state index is 11.5. The van der Waals surface area contributed by atoms with E-state index < -0.39 is 5.54 Å². The zero-order valence-corrected chi connectivity index (χ0v) is 12.6. The quantitative estimate of drug-likeness (QED) is 0.554. The molecule has 0 heterocycles. The first-order valence-corrected chi connectivity index (χ1v) is 7.19. The molecule has 0 fully saturated rings. The molecule has 3 N–H and O–H groups in total. The Hall–Kier alpha value is -0.610. The lowest BCUT2D eigenvalue weighted by atomic mass is 9.96. The van der Waals surface area contributed by atoms with Gasteiger partial charge in [0, 0.05) is 6.54 Å². The van der Waals surface area contributed by atoms with Gasteiger partial charge in [0.2, 0.25) is 5.91 Å². The molecule has 1 atom stereocenters. The van der Waals surface area contributed by atoms with Gasteiger partial charge in [-0.1, -0.05) is 26.7 Å². The van der Waals surface area contributed by atoms with E-state index in [1.165, 1.54) is 19.3 Å². The number of carbonyl (C=O) groups is 1. The summed E-state index contributed by atoms with van der Waals surface area (Å²) in [5.41, 5.74) is 4.93. The number of nitrogens with two attached hydrogens (primary N) is 1. The molecule has 0 aliphatic rings. The minimum absolute atomic E-state index is 0.252. The van der Waals surface area contributed by atoms with Crippen molar-refractivity contribution in [2.45, 2.75) is 58.4 Å². The van der Waals surface area contributed by atoms with Crippen molar-refractivity contribution in [3.05, 3.63) is 0 Å². The fourth-order valence-electron chi connectivity index (χ4n) is 1.86. The molecule has 18 heavy (non-hydrogen) atoms. The van der Waals surface area contributed by atoms with Gasteiger partial charge in [0.05, 0.1) is 5.54 Å². The largest absolute Gasteiger partial charge is 0.368 e. The summed E-state index contributed by atoms with van der Waals surface area (Å²) in [5, 5.41) is 3.27. The molecule has 1 unspecified atom stereocenters. The van der Waals surface area contributed by atoms with Crippen molar-refractivity contribution in [2.24, 2.45) is 5.73 Å². The Kier molecular flexibility index (Phi) is 9.02. The Bertz CT molecular complexity index is 233. The van der Waals surface area contributed by atoms with Crippen molar-refractivity contribution in [1.29, 1.82) is 0 Å². The number of hydrogen-bond donors (Lipinski definition) is 2. The van der Waals surface area contributed by atoms with Crippen molar-refractivity contribution in [3.63, 3.8) is 0 Å². The van der Waals surface area contributed by atoms with E-state index in [1.807, 2.05) is 6.92 Å². The molecule has 0 aliphatic carbocycles. The Morgan fingerprint density at radius 1 is 1.22 bits per heavy atom. The summed E-state index contributed by atoms with van der Waals surface area (Å²) in [6.07, 6.45) is 5.51. The van der Waals surface area contributed by atoms with E-state index >= 15 is 0 Å². The second kappa shape index (κ2) is 9.34. The topological polar surface area (TPSA) is 58.4 Å². The predicted octanol–water partition coefficient (Wildman–Crippen LogP) is 1.74. The second-order valence-electron chi connectivity index (χ2n) is 5.38. The summed E-state index contributed by atoms with van der Waals surface area (Å²) < 4.78 is 0. The maximum atomic E-state index is 11.5. The maximum Gasteiger partial charge on any atom is 0.237 e. The van der Waals surface area contributed by atoms with Crippen LogP contribution in [0.4, 0.5) is 0 Å². The second-order valence-corrected chi connectivity index (χ2v) is 5.38. The van der Waals surface area contributed by atoms with E-state index in [4.69, 9.17) is 5.73 Å². The van der Waals surface area contributed by atoms with Gasteiger partial charge >= 0.3 is 0 Å². The van der Waals surface area contributed by atoms with Crippen LogP contribution in [-0.2, 0) is 4.79 Å². The molecule has 0 aromatic carbocycles. The summed E-state index contributed by atoms with van der Waals surface area (Å²) in [5.74, 6) is -0.252. The highest BCUT2D eigenvalue weighted by atomic mass is 16.1. The number of carbonyl (C=O) groups excluding carboxylic acids is 1. The molecule has 0 rings (SSSR count). The molecule has 4 heteroatoms. The van der Waals surface area contributed by atoms with Crippen LogP contribution in [0, 0.1) is 0 Å². The molecule has 4 nitrogen and oxygen atoms in total. The van der Waals surface area contributed by atoms with Gasteiger partial charge in [-0.25, -0.2) is 0 Å². The van der Waals surface area contributed by atoms with Gasteiger partial charge < -0.3 is 16.0 Å². The smallest absolute Gasteiger partial charge is 0.237 e. The van der Waals surface area contributed by atoms with Gasteiger partial charge in [0.15, 0.2) is 0 Å². The third-order valence-corrected chi connectivity index (χ3v) is 3.45. The first-order valence-electron chi connectivity index (χ1n) is 7.19. The normalized spacial score (nSPS) is 14.7. The number of nitrogens with zero attached hydrogens (tertiary/aromatic N) is 1. The molecule has 0 bridgehead atoms. The predicted molar refractivity (Wildman–Crippen MR) is 77.5 cm³/mol. The van der Waals surface area contributed by atoms with E-state index in [0.29, 0.717) is 0 Å². The minimum Gasteiger partial charge on any atom is -0.368 e. The van der Waals surface area contributed by atoms with E-state index in [9.17, 15) is 4.79 Å².